The third kappa shape index (κ3) is 4.54. The number of benzene rings is 1. The van der Waals surface area contributed by atoms with E-state index in [0.717, 1.165) is 41.9 Å². The van der Waals surface area contributed by atoms with Gasteiger partial charge in [0.25, 0.3) is 0 Å². The Morgan fingerprint density at radius 3 is 2.81 bits per heavy atom. The zero-order valence-corrected chi connectivity index (χ0v) is 16.9. The van der Waals surface area contributed by atoms with E-state index in [9.17, 15) is 9.59 Å². The number of aromatic nitrogens is 1. The van der Waals surface area contributed by atoms with Crippen molar-refractivity contribution in [1.82, 2.24) is 9.88 Å². The number of nitrogens with zero attached hydrogens (tertiary/aromatic N) is 3. The van der Waals surface area contributed by atoms with Gasteiger partial charge in [0, 0.05) is 25.4 Å². The molecule has 144 valence electrons. The van der Waals surface area contributed by atoms with E-state index in [2.05, 4.69) is 11.0 Å². The van der Waals surface area contributed by atoms with Crippen molar-refractivity contribution in [2.75, 3.05) is 18.0 Å². The first kappa shape index (κ1) is 19.5. The second kappa shape index (κ2) is 8.19. The number of aryl methyl sites for hydroxylation is 2. The van der Waals surface area contributed by atoms with Crippen LogP contribution >= 0.6 is 11.3 Å². The van der Waals surface area contributed by atoms with Crippen molar-refractivity contribution in [3.05, 3.63) is 40.4 Å². The molecule has 2 amide bonds. The Balaban J connectivity index is 1.78. The van der Waals surface area contributed by atoms with E-state index in [-0.39, 0.29) is 17.7 Å². The first-order valence-electron chi connectivity index (χ1n) is 9.19. The van der Waals surface area contributed by atoms with Gasteiger partial charge in [-0.3, -0.25) is 19.4 Å². The van der Waals surface area contributed by atoms with Gasteiger partial charge in [-0.15, -0.1) is 11.3 Å². The molecule has 1 saturated heterocycles. The molecule has 0 bridgehead atoms. The predicted octanol–water partition coefficient (Wildman–Crippen LogP) is 3.14. The SMILES string of the molecule is CC(=O)N(c1nc(CN2CCC[C@@H](C(N)=O)C2)cs1)c1ccc(C)cc1C. The summed E-state index contributed by atoms with van der Waals surface area (Å²) in [7, 11) is 0. The normalized spacial score (nSPS) is 17.7. The lowest BCUT2D eigenvalue weighted by Crippen LogP contribution is -2.40. The van der Waals surface area contributed by atoms with E-state index >= 15 is 0 Å². The van der Waals surface area contributed by atoms with Gasteiger partial charge < -0.3 is 5.73 Å². The number of rotatable bonds is 5. The van der Waals surface area contributed by atoms with E-state index in [0.29, 0.717) is 18.2 Å². The Morgan fingerprint density at radius 1 is 1.37 bits per heavy atom. The van der Waals surface area contributed by atoms with E-state index in [1.807, 2.05) is 31.4 Å². The maximum atomic E-state index is 12.3. The Morgan fingerprint density at radius 2 is 2.15 bits per heavy atom. The van der Waals surface area contributed by atoms with Gasteiger partial charge in [0.15, 0.2) is 5.13 Å². The summed E-state index contributed by atoms with van der Waals surface area (Å²) in [6, 6.07) is 6.04. The van der Waals surface area contributed by atoms with Gasteiger partial charge in [0.05, 0.1) is 17.3 Å². The lowest BCUT2D eigenvalue weighted by molar-refractivity contribution is -0.123. The molecule has 6 nitrogen and oxygen atoms in total. The van der Waals surface area contributed by atoms with E-state index in [1.165, 1.54) is 11.3 Å². The molecule has 0 unspecified atom stereocenters. The standard InChI is InChI=1S/C20H26N4O2S/c1-13-6-7-18(14(2)9-13)24(15(3)25)20-22-17(12-27-20)11-23-8-4-5-16(10-23)19(21)26/h6-7,9,12,16H,4-5,8,10-11H2,1-3H3,(H2,21,26)/t16-/m1/s1. The van der Waals surface area contributed by atoms with Gasteiger partial charge in [-0.25, -0.2) is 4.98 Å². The largest absolute Gasteiger partial charge is 0.369 e. The van der Waals surface area contributed by atoms with Crippen molar-refractivity contribution < 1.29 is 9.59 Å². The summed E-state index contributed by atoms with van der Waals surface area (Å²) >= 11 is 1.47. The summed E-state index contributed by atoms with van der Waals surface area (Å²) in [6.45, 7) is 7.88. The smallest absolute Gasteiger partial charge is 0.230 e. The summed E-state index contributed by atoms with van der Waals surface area (Å²) in [6.07, 6.45) is 1.83. The summed E-state index contributed by atoms with van der Waals surface area (Å²) in [4.78, 5) is 32.4. The minimum absolute atomic E-state index is 0.0605. The quantitative estimate of drug-likeness (QED) is 0.856. The van der Waals surface area contributed by atoms with Crippen LogP contribution in [0.5, 0.6) is 0 Å². The van der Waals surface area contributed by atoms with Crippen LogP contribution in [0.15, 0.2) is 23.6 Å². The zero-order chi connectivity index (χ0) is 19.6. The van der Waals surface area contributed by atoms with Crippen LogP contribution in [0.25, 0.3) is 0 Å². The van der Waals surface area contributed by atoms with E-state index in [4.69, 9.17) is 10.7 Å². The zero-order valence-electron chi connectivity index (χ0n) is 16.1. The lowest BCUT2D eigenvalue weighted by atomic mass is 9.97. The third-order valence-electron chi connectivity index (χ3n) is 4.93. The number of carbonyl (C=O) groups excluding carboxylic acids is 2. The van der Waals surface area contributed by atoms with Crippen LogP contribution < -0.4 is 10.6 Å². The number of thiazole rings is 1. The minimum Gasteiger partial charge on any atom is -0.369 e. The molecule has 1 aliphatic heterocycles. The van der Waals surface area contributed by atoms with Crippen LogP contribution in [0.4, 0.5) is 10.8 Å². The molecule has 0 spiro atoms. The molecule has 2 aromatic rings. The molecule has 0 aliphatic carbocycles. The predicted molar refractivity (Wildman–Crippen MR) is 108 cm³/mol. The van der Waals surface area contributed by atoms with Crippen LogP contribution in [0.1, 0.15) is 36.6 Å². The highest BCUT2D eigenvalue weighted by Gasteiger charge is 2.25. The highest BCUT2D eigenvalue weighted by atomic mass is 32.1. The van der Waals surface area contributed by atoms with Crippen LogP contribution in [0.2, 0.25) is 0 Å². The second-order valence-corrected chi connectivity index (χ2v) is 8.08. The Labute approximate surface area is 164 Å². The van der Waals surface area contributed by atoms with Crippen molar-refractivity contribution in [3.63, 3.8) is 0 Å². The Hall–Kier alpha value is -2.25. The topological polar surface area (TPSA) is 79.5 Å². The third-order valence-corrected chi connectivity index (χ3v) is 5.81. The van der Waals surface area contributed by atoms with Crippen molar-refractivity contribution in [2.45, 2.75) is 40.2 Å². The molecular formula is C20H26N4O2S. The molecule has 1 aromatic carbocycles. The summed E-state index contributed by atoms with van der Waals surface area (Å²) < 4.78 is 0. The van der Waals surface area contributed by atoms with Gasteiger partial charge in [-0.2, -0.15) is 0 Å². The highest BCUT2D eigenvalue weighted by Crippen LogP contribution is 2.32. The van der Waals surface area contributed by atoms with Gasteiger partial charge in [-0.05, 0) is 44.9 Å². The van der Waals surface area contributed by atoms with Crippen LogP contribution in [-0.2, 0) is 16.1 Å². The van der Waals surface area contributed by atoms with Crippen molar-refractivity contribution in [2.24, 2.45) is 11.7 Å². The van der Waals surface area contributed by atoms with E-state index < -0.39 is 0 Å². The Bertz CT molecular complexity index is 848. The molecule has 2 heterocycles. The molecular weight excluding hydrogens is 360 g/mol. The average molecular weight is 387 g/mol. The number of nitrogens with two attached hydrogens (primary N) is 1. The van der Waals surface area contributed by atoms with Gasteiger partial charge in [-0.1, -0.05) is 17.7 Å². The first-order chi connectivity index (χ1) is 12.8. The molecule has 1 atom stereocenters. The molecule has 0 radical (unpaired) electrons. The number of piperidine rings is 1. The number of amides is 2. The van der Waals surface area contributed by atoms with Crippen molar-refractivity contribution in [3.8, 4) is 0 Å². The van der Waals surface area contributed by atoms with Crippen LogP contribution in [0, 0.1) is 19.8 Å². The van der Waals surface area contributed by atoms with Crippen LogP contribution in [0.3, 0.4) is 0 Å². The maximum Gasteiger partial charge on any atom is 0.230 e. The molecule has 1 aliphatic rings. The fourth-order valence-corrected chi connectivity index (χ4v) is 4.47. The van der Waals surface area contributed by atoms with Gasteiger partial charge in [0.1, 0.15) is 0 Å². The number of likely N-dealkylation sites (tertiary alicyclic amines) is 1. The van der Waals surface area contributed by atoms with Crippen molar-refractivity contribution >= 4 is 34.0 Å². The fraction of sp³-hybridized carbons (Fsp3) is 0.450. The van der Waals surface area contributed by atoms with Crippen molar-refractivity contribution in [1.29, 1.82) is 0 Å². The molecule has 0 saturated carbocycles. The summed E-state index contributed by atoms with van der Waals surface area (Å²) in [5.74, 6) is -0.369. The first-order valence-corrected chi connectivity index (χ1v) is 10.1. The average Bonchev–Trinajstić information content (AvgIpc) is 3.05. The minimum atomic E-state index is -0.226. The van der Waals surface area contributed by atoms with Gasteiger partial charge in [0.2, 0.25) is 11.8 Å². The number of hydrogen-bond acceptors (Lipinski definition) is 5. The monoisotopic (exact) mass is 386 g/mol. The molecule has 3 rings (SSSR count). The number of anilines is 2. The maximum absolute atomic E-state index is 12.3. The second-order valence-electron chi connectivity index (χ2n) is 7.24. The molecule has 2 N–H and O–H groups in total. The number of hydrogen-bond donors (Lipinski definition) is 1. The van der Waals surface area contributed by atoms with Gasteiger partial charge >= 0.3 is 0 Å². The van der Waals surface area contributed by atoms with Crippen LogP contribution in [-0.4, -0.2) is 34.8 Å². The molecule has 27 heavy (non-hydrogen) atoms. The fourth-order valence-electron chi connectivity index (χ4n) is 3.60. The summed E-state index contributed by atoms with van der Waals surface area (Å²) in [5, 5.41) is 2.66. The number of primary amides is 1. The highest BCUT2D eigenvalue weighted by molar-refractivity contribution is 7.14. The molecule has 1 aromatic heterocycles. The molecule has 7 heteroatoms. The number of carbonyl (C=O) groups is 2. The summed E-state index contributed by atoms with van der Waals surface area (Å²) in [5.41, 5.74) is 9.45. The Kier molecular flexibility index (Phi) is 5.92. The lowest BCUT2D eigenvalue weighted by Gasteiger charge is -2.30. The van der Waals surface area contributed by atoms with E-state index in [1.54, 1.807) is 11.8 Å². The molecule has 1 fully saturated rings.